The Hall–Kier alpha value is 0.310. The fourth-order valence-corrected chi connectivity index (χ4v) is 0.461. The SMILES string of the molecule is CCO/C(Br)=C\Cl. The average Bonchev–Trinajstić information content (AvgIpc) is 1.68. The number of halogens is 2. The summed E-state index contributed by atoms with van der Waals surface area (Å²) in [5.74, 6) is 0. The second-order valence-electron chi connectivity index (χ2n) is 0.846. The Kier molecular flexibility index (Phi) is 4.67. The summed E-state index contributed by atoms with van der Waals surface area (Å²) in [5.41, 5.74) is 1.34. The van der Waals surface area contributed by atoms with Gasteiger partial charge in [-0.3, -0.25) is 0 Å². The van der Waals surface area contributed by atoms with E-state index in [4.69, 9.17) is 16.3 Å². The van der Waals surface area contributed by atoms with E-state index < -0.39 is 0 Å². The molecule has 0 atom stereocenters. The van der Waals surface area contributed by atoms with Crippen molar-refractivity contribution in [1.82, 2.24) is 0 Å². The highest BCUT2D eigenvalue weighted by Gasteiger charge is 1.82. The third-order valence-corrected chi connectivity index (χ3v) is 1.29. The lowest BCUT2D eigenvalue weighted by atomic mass is 10.9. The molecule has 0 N–H and O–H groups in total. The van der Waals surface area contributed by atoms with Crippen molar-refractivity contribution >= 4 is 27.5 Å². The smallest absolute Gasteiger partial charge is 0.173 e. The van der Waals surface area contributed by atoms with Gasteiger partial charge in [0.05, 0.1) is 12.1 Å². The molecule has 0 rings (SSSR count). The molecule has 0 aromatic carbocycles. The Morgan fingerprint density at radius 2 is 2.57 bits per heavy atom. The van der Waals surface area contributed by atoms with Gasteiger partial charge in [0.25, 0.3) is 0 Å². The number of rotatable bonds is 2. The van der Waals surface area contributed by atoms with Gasteiger partial charge in [0.1, 0.15) is 0 Å². The van der Waals surface area contributed by atoms with E-state index in [1.807, 2.05) is 6.92 Å². The molecule has 0 radical (unpaired) electrons. The average molecular weight is 185 g/mol. The highest BCUT2D eigenvalue weighted by Crippen LogP contribution is 2.06. The van der Waals surface area contributed by atoms with Crippen LogP contribution in [0.5, 0.6) is 0 Å². The second-order valence-corrected chi connectivity index (χ2v) is 1.85. The van der Waals surface area contributed by atoms with Crippen LogP contribution in [-0.4, -0.2) is 6.61 Å². The van der Waals surface area contributed by atoms with Crippen molar-refractivity contribution in [2.45, 2.75) is 6.92 Å². The van der Waals surface area contributed by atoms with Crippen LogP contribution >= 0.6 is 27.5 Å². The first-order chi connectivity index (χ1) is 3.31. The Balaban J connectivity index is 3.17. The first-order valence-electron chi connectivity index (χ1n) is 1.90. The highest BCUT2D eigenvalue weighted by atomic mass is 79.9. The summed E-state index contributed by atoms with van der Waals surface area (Å²) >= 11 is 8.24. The van der Waals surface area contributed by atoms with Gasteiger partial charge < -0.3 is 4.74 Å². The van der Waals surface area contributed by atoms with E-state index in [0.29, 0.717) is 11.3 Å². The maximum Gasteiger partial charge on any atom is 0.173 e. The largest absolute Gasteiger partial charge is 0.486 e. The standard InChI is InChI=1S/C4H6BrClO/c1-2-7-4(5)3-6/h3H,2H2,1H3/b4-3-. The first-order valence-corrected chi connectivity index (χ1v) is 3.13. The minimum absolute atomic E-state index is 0.580. The normalized spacial score (nSPS) is 11.6. The van der Waals surface area contributed by atoms with Gasteiger partial charge in [0.15, 0.2) is 4.67 Å². The predicted molar refractivity (Wildman–Crippen MR) is 34.5 cm³/mol. The topological polar surface area (TPSA) is 9.23 Å². The van der Waals surface area contributed by atoms with Crippen LogP contribution in [0.3, 0.4) is 0 Å². The molecule has 0 aliphatic heterocycles. The molecule has 1 nitrogen and oxygen atoms in total. The molecule has 3 heteroatoms. The lowest BCUT2D eigenvalue weighted by Crippen LogP contribution is -1.80. The molecule has 0 saturated heterocycles. The third-order valence-electron chi connectivity index (χ3n) is 0.368. The molecule has 0 aliphatic rings. The van der Waals surface area contributed by atoms with Crippen molar-refractivity contribution in [1.29, 1.82) is 0 Å². The van der Waals surface area contributed by atoms with E-state index in [2.05, 4.69) is 15.9 Å². The summed E-state index contributed by atoms with van der Waals surface area (Å²) in [4.78, 5) is 0. The fraction of sp³-hybridized carbons (Fsp3) is 0.500. The van der Waals surface area contributed by atoms with Gasteiger partial charge in [0, 0.05) is 0 Å². The predicted octanol–water partition coefficient (Wildman–Crippen LogP) is 2.46. The summed E-state index contributed by atoms with van der Waals surface area (Å²) in [5, 5.41) is 0. The first kappa shape index (κ1) is 7.31. The molecular weight excluding hydrogens is 179 g/mol. The second kappa shape index (κ2) is 4.47. The fourth-order valence-electron chi connectivity index (χ4n) is 0.169. The molecule has 0 aromatic rings. The minimum Gasteiger partial charge on any atom is -0.486 e. The molecule has 0 amide bonds. The van der Waals surface area contributed by atoms with E-state index in [1.165, 1.54) is 5.54 Å². The molecule has 42 valence electrons. The maximum atomic E-state index is 5.20. The Labute approximate surface area is 56.4 Å². The zero-order valence-electron chi connectivity index (χ0n) is 3.95. The molecule has 0 bridgehead atoms. The van der Waals surface area contributed by atoms with Crippen LogP contribution in [0.25, 0.3) is 0 Å². The Bertz CT molecular complexity index is 72.1. The molecular formula is C4H6BrClO. The van der Waals surface area contributed by atoms with E-state index in [1.54, 1.807) is 0 Å². The lowest BCUT2D eigenvalue weighted by molar-refractivity contribution is 0.261. The molecule has 0 heterocycles. The Morgan fingerprint density at radius 3 is 2.71 bits per heavy atom. The summed E-state index contributed by atoms with van der Waals surface area (Å²) in [6.07, 6.45) is 0. The van der Waals surface area contributed by atoms with Gasteiger partial charge in [-0.2, -0.15) is 0 Å². The maximum absolute atomic E-state index is 5.20. The number of hydrogen-bond acceptors (Lipinski definition) is 1. The van der Waals surface area contributed by atoms with E-state index in [9.17, 15) is 0 Å². The van der Waals surface area contributed by atoms with E-state index >= 15 is 0 Å². The minimum atomic E-state index is 0.580. The van der Waals surface area contributed by atoms with Crippen molar-refractivity contribution in [3.63, 3.8) is 0 Å². The van der Waals surface area contributed by atoms with Crippen LogP contribution in [0.4, 0.5) is 0 Å². The molecule has 7 heavy (non-hydrogen) atoms. The monoisotopic (exact) mass is 184 g/mol. The number of hydrogen-bond donors (Lipinski definition) is 0. The molecule has 0 fully saturated rings. The molecule has 0 unspecified atom stereocenters. The summed E-state index contributed by atoms with van der Waals surface area (Å²) in [7, 11) is 0. The number of ether oxygens (including phenoxy) is 1. The summed E-state index contributed by atoms with van der Waals surface area (Å²) in [6, 6.07) is 0. The van der Waals surface area contributed by atoms with Crippen LogP contribution in [0, 0.1) is 0 Å². The van der Waals surface area contributed by atoms with Gasteiger partial charge in [-0.1, -0.05) is 11.6 Å². The van der Waals surface area contributed by atoms with Crippen molar-refractivity contribution in [2.24, 2.45) is 0 Å². The van der Waals surface area contributed by atoms with E-state index in [0.717, 1.165) is 0 Å². The van der Waals surface area contributed by atoms with E-state index in [-0.39, 0.29) is 0 Å². The third kappa shape index (κ3) is 4.16. The molecule has 0 aliphatic carbocycles. The van der Waals surface area contributed by atoms with Crippen LogP contribution in [0.1, 0.15) is 6.92 Å². The van der Waals surface area contributed by atoms with Crippen molar-refractivity contribution < 1.29 is 4.74 Å². The highest BCUT2D eigenvalue weighted by molar-refractivity contribution is 9.11. The molecule has 0 aromatic heterocycles. The van der Waals surface area contributed by atoms with Crippen molar-refractivity contribution in [3.05, 3.63) is 10.2 Å². The zero-order chi connectivity index (χ0) is 5.70. The Morgan fingerprint density at radius 1 is 2.00 bits per heavy atom. The van der Waals surface area contributed by atoms with Crippen molar-refractivity contribution in [2.75, 3.05) is 6.61 Å². The van der Waals surface area contributed by atoms with Gasteiger partial charge >= 0.3 is 0 Å². The van der Waals surface area contributed by atoms with Crippen LogP contribution < -0.4 is 0 Å². The summed E-state index contributed by atoms with van der Waals surface area (Å²) in [6.45, 7) is 2.53. The quantitative estimate of drug-likeness (QED) is 0.601. The van der Waals surface area contributed by atoms with Crippen LogP contribution in [0.2, 0.25) is 0 Å². The summed E-state index contributed by atoms with van der Waals surface area (Å²) < 4.78 is 5.42. The van der Waals surface area contributed by atoms with Gasteiger partial charge in [-0.25, -0.2) is 0 Å². The van der Waals surface area contributed by atoms with Crippen molar-refractivity contribution in [3.8, 4) is 0 Å². The van der Waals surface area contributed by atoms with Gasteiger partial charge in [-0.05, 0) is 22.9 Å². The lowest BCUT2D eigenvalue weighted by Gasteiger charge is -1.94. The van der Waals surface area contributed by atoms with Gasteiger partial charge in [-0.15, -0.1) is 0 Å². The molecule has 0 saturated carbocycles. The van der Waals surface area contributed by atoms with Gasteiger partial charge in [0.2, 0.25) is 0 Å². The van der Waals surface area contributed by atoms with Crippen LogP contribution in [-0.2, 0) is 4.74 Å². The zero-order valence-corrected chi connectivity index (χ0v) is 6.29. The molecule has 0 spiro atoms. The van der Waals surface area contributed by atoms with Crippen LogP contribution in [0.15, 0.2) is 10.2 Å².